The van der Waals surface area contributed by atoms with Crippen LogP contribution in [0.3, 0.4) is 0 Å². The summed E-state index contributed by atoms with van der Waals surface area (Å²) in [5, 5.41) is 9.26. The van der Waals surface area contributed by atoms with Gasteiger partial charge in [0.15, 0.2) is 0 Å². The lowest BCUT2D eigenvalue weighted by atomic mass is 10.3. The molecule has 1 unspecified atom stereocenters. The number of likely N-dealkylation sites (N-methyl/N-ethyl adjacent to an activating group) is 1. The van der Waals surface area contributed by atoms with Crippen LogP contribution in [-0.2, 0) is 15.8 Å². The van der Waals surface area contributed by atoms with Gasteiger partial charge in [0.05, 0.1) is 12.4 Å². The number of hydrogen-bond acceptors (Lipinski definition) is 4. The van der Waals surface area contributed by atoms with Crippen molar-refractivity contribution in [3.8, 4) is 0 Å². The van der Waals surface area contributed by atoms with Crippen molar-refractivity contribution >= 4 is 21.6 Å². The number of pyridine rings is 1. The Morgan fingerprint density at radius 1 is 1.53 bits per heavy atom. The molecule has 0 aliphatic heterocycles. The van der Waals surface area contributed by atoms with Gasteiger partial charge in [-0.15, -0.1) is 0 Å². The van der Waals surface area contributed by atoms with Crippen molar-refractivity contribution < 1.29 is 13.5 Å². The second-order valence-corrected chi connectivity index (χ2v) is 6.21. The zero-order valence-electron chi connectivity index (χ0n) is 9.67. The summed E-state index contributed by atoms with van der Waals surface area (Å²) in [5.74, 6) is -0.155. The molecule has 0 spiro atoms. The number of rotatable bonds is 5. The van der Waals surface area contributed by atoms with Crippen LogP contribution in [-0.4, -0.2) is 42.5 Å². The molecule has 1 aromatic heterocycles. The molecule has 0 aromatic carbocycles. The molecular formula is C10H15ClN2O3S. The van der Waals surface area contributed by atoms with Gasteiger partial charge in [-0.25, -0.2) is 13.4 Å². The number of aromatic nitrogens is 1. The van der Waals surface area contributed by atoms with E-state index in [1.54, 1.807) is 19.1 Å². The summed E-state index contributed by atoms with van der Waals surface area (Å²) in [6.07, 6.45) is 1.43. The summed E-state index contributed by atoms with van der Waals surface area (Å²) in [6.45, 7) is 1.42. The fourth-order valence-corrected chi connectivity index (χ4v) is 2.72. The molecule has 1 aromatic rings. The number of aliphatic hydroxyl groups is 1. The Morgan fingerprint density at radius 3 is 2.65 bits per heavy atom. The Hall–Kier alpha value is -0.690. The molecule has 7 heteroatoms. The Morgan fingerprint density at radius 2 is 2.18 bits per heavy atom. The van der Waals surface area contributed by atoms with E-state index in [1.165, 1.54) is 13.2 Å². The van der Waals surface area contributed by atoms with Crippen molar-refractivity contribution in [1.82, 2.24) is 9.29 Å². The molecule has 5 nitrogen and oxygen atoms in total. The molecule has 0 bridgehead atoms. The van der Waals surface area contributed by atoms with Crippen molar-refractivity contribution in [3.63, 3.8) is 0 Å². The maximum Gasteiger partial charge on any atom is 0.218 e. The van der Waals surface area contributed by atoms with Crippen LogP contribution in [0, 0.1) is 0 Å². The van der Waals surface area contributed by atoms with E-state index in [2.05, 4.69) is 4.98 Å². The predicted octanol–water partition coefficient (Wildman–Crippen LogP) is 0.877. The zero-order chi connectivity index (χ0) is 13.1. The first kappa shape index (κ1) is 14.4. The highest BCUT2D eigenvalue weighted by atomic mass is 35.5. The van der Waals surface area contributed by atoms with Crippen LogP contribution in [0.5, 0.6) is 0 Å². The van der Waals surface area contributed by atoms with Gasteiger partial charge in [0, 0.05) is 19.3 Å². The lowest BCUT2D eigenvalue weighted by Crippen LogP contribution is -2.38. The molecule has 0 fully saturated rings. The Kier molecular flexibility index (Phi) is 4.88. The summed E-state index contributed by atoms with van der Waals surface area (Å²) < 4.78 is 25.0. The second-order valence-electron chi connectivity index (χ2n) is 3.79. The molecule has 0 aliphatic carbocycles. The molecular weight excluding hydrogens is 264 g/mol. The quantitative estimate of drug-likeness (QED) is 0.812. The monoisotopic (exact) mass is 278 g/mol. The van der Waals surface area contributed by atoms with Crippen LogP contribution < -0.4 is 0 Å². The predicted molar refractivity (Wildman–Crippen MR) is 66.2 cm³/mol. The van der Waals surface area contributed by atoms with Crippen LogP contribution in [0.4, 0.5) is 0 Å². The average molecular weight is 279 g/mol. The first-order valence-electron chi connectivity index (χ1n) is 5.04. The third-order valence-electron chi connectivity index (χ3n) is 2.46. The summed E-state index contributed by atoms with van der Waals surface area (Å²) in [6, 6.07) is 2.71. The lowest BCUT2D eigenvalue weighted by Gasteiger charge is -2.22. The third kappa shape index (κ3) is 3.92. The van der Waals surface area contributed by atoms with Crippen LogP contribution in [0.25, 0.3) is 0 Å². The molecule has 96 valence electrons. The SMILES string of the molecule is CC(CO)N(C)S(=O)(=O)Cc1ccc(Cl)nc1. The Bertz CT molecular complexity index is 461. The van der Waals surface area contributed by atoms with E-state index in [4.69, 9.17) is 16.7 Å². The van der Waals surface area contributed by atoms with Gasteiger partial charge < -0.3 is 5.11 Å². The fraction of sp³-hybridized carbons (Fsp3) is 0.500. The van der Waals surface area contributed by atoms with Gasteiger partial charge in [-0.2, -0.15) is 4.31 Å². The van der Waals surface area contributed by atoms with E-state index in [9.17, 15) is 8.42 Å². The van der Waals surface area contributed by atoms with Gasteiger partial charge in [0.2, 0.25) is 10.0 Å². The van der Waals surface area contributed by atoms with Crippen molar-refractivity contribution in [2.75, 3.05) is 13.7 Å². The summed E-state index contributed by atoms with van der Waals surface area (Å²) >= 11 is 5.61. The van der Waals surface area contributed by atoms with E-state index < -0.39 is 16.1 Å². The Balaban J connectivity index is 2.83. The average Bonchev–Trinajstić information content (AvgIpc) is 2.30. The van der Waals surface area contributed by atoms with Gasteiger partial charge >= 0.3 is 0 Å². The smallest absolute Gasteiger partial charge is 0.218 e. The summed E-state index contributed by atoms with van der Waals surface area (Å²) in [7, 11) is -2.00. The van der Waals surface area contributed by atoms with Gasteiger partial charge in [-0.3, -0.25) is 0 Å². The number of sulfonamides is 1. The third-order valence-corrected chi connectivity index (χ3v) is 4.62. The molecule has 1 rings (SSSR count). The minimum atomic E-state index is -3.45. The molecule has 0 radical (unpaired) electrons. The molecule has 0 amide bonds. The summed E-state index contributed by atoms with van der Waals surface area (Å²) in [4.78, 5) is 3.82. The van der Waals surface area contributed by atoms with Gasteiger partial charge in [0.1, 0.15) is 5.15 Å². The number of aliphatic hydroxyl groups excluding tert-OH is 1. The largest absolute Gasteiger partial charge is 0.395 e. The van der Waals surface area contributed by atoms with Gasteiger partial charge in [0.25, 0.3) is 0 Å². The van der Waals surface area contributed by atoms with Crippen molar-refractivity contribution in [2.45, 2.75) is 18.7 Å². The first-order valence-corrected chi connectivity index (χ1v) is 7.02. The van der Waals surface area contributed by atoms with Crippen molar-refractivity contribution in [3.05, 3.63) is 29.0 Å². The van der Waals surface area contributed by atoms with Gasteiger partial charge in [-0.1, -0.05) is 17.7 Å². The number of hydrogen-bond donors (Lipinski definition) is 1. The second kappa shape index (κ2) is 5.77. The van der Waals surface area contributed by atoms with Crippen LogP contribution in [0.15, 0.2) is 18.3 Å². The minimum absolute atomic E-state index is 0.155. The normalized spacial score (nSPS) is 13.9. The molecule has 17 heavy (non-hydrogen) atoms. The number of halogens is 1. The zero-order valence-corrected chi connectivity index (χ0v) is 11.2. The molecule has 1 atom stereocenters. The molecule has 1 heterocycles. The van der Waals surface area contributed by atoms with Crippen molar-refractivity contribution in [2.24, 2.45) is 0 Å². The van der Waals surface area contributed by atoms with Crippen molar-refractivity contribution in [1.29, 1.82) is 0 Å². The highest BCUT2D eigenvalue weighted by Crippen LogP contribution is 2.13. The maximum absolute atomic E-state index is 11.9. The van der Waals surface area contributed by atoms with Crippen LogP contribution in [0.2, 0.25) is 5.15 Å². The lowest BCUT2D eigenvalue weighted by molar-refractivity contribution is 0.213. The topological polar surface area (TPSA) is 70.5 Å². The highest BCUT2D eigenvalue weighted by Gasteiger charge is 2.23. The van der Waals surface area contributed by atoms with E-state index in [-0.39, 0.29) is 12.4 Å². The van der Waals surface area contributed by atoms with E-state index in [0.29, 0.717) is 10.7 Å². The standard InChI is InChI=1S/C10H15ClN2O3S/c1-8(6-14)13(2)17(15,16)7-9-3-4-10(11)12-5-9/h3-5,8,14H,6-7H2,1-2H3. The fourth-order valence-electron chi connectivity index (χ4n) is 1.19. The highest BCUT2D eigenvalue weighted by molar-refractivity contribution is 7.88. The first-order chi connectivity index (χ1) is 7.86. The van der Waals surface area contributed by atoms with Crippen LogP contribution in [0.1, 0.15) is 12.5 Å². The molecule has 0 saturated heterocycles. The maximum atomic E-state index is 11.9. The van der Waals surface area contributed by atoms with Crippen LogP contribution >= 0.6 is 11.6 Å². The number of nitrogens with zero attached hydrogens (tertiary/aromatic N) is 2. The molecule has 0 saturated carbocycles. The van der Waals surface area contributed by atoms with Gasteiger partial charge in [-0.05, 0) is 18.6 Å². The minimum Gasteiger partial charge on any atom is -0.395 e. The van der Waals surface area contributed by atoms with E-state index in [1.807, 2.05) is 0 Å². The van der Waals surface area contributed by atoms with E-state index in [0.717, 1.165) is 4.31 Å². The molecule has 1 N–H and O–H groups in total. The Labute approximate surface area is 106 Å². The van der Waals surface area contributed by atoms with E-state index >= 15 is 0 Å². The summed E-state index contributed by atoms with van der Waals surface area (Å²) in [5.41, 5.74) is 0.561. The molecule has 0 aliphatic rings.